The quantitative estimate of drug-likeness (QED) is 0.346. The number of nitrogens with zero attached hydrogens (tertiary/aromatic N) is 2. The molecule has 5 rings (SSSR count). The Hall–Kier alpha value is -3.37. The first-order chi connectivity index (χ1) is 17.0. The molecule has 0 aliphatic carbocycles. The van der Waals surface area contributed by atoms with E-state index in [1.165, 1.54) is 10.6 Å². The van der Waals surface area contributed by atoms with Crippen LogP contribution in [0.3, 0.4) is 0 Å². The molecule has 7 heteroatoms. The van der Waals surface area contributed by atoms with Crippen LogP contribution in [0.4, 0.5) is 14.9 Å². The maximum absolute atomic E-state index is 15.2. The van der Waals surface area contributed by atoms with Gasteiger partial charge in [0, 0.05) is 29.2 Å². The summed E-state index contributed by atoms with van der Waals surface area (Å²) in [4.78, 5) is 29.0. The molecule has 0 fully saturated rings. The molecule has 2 aliphatic heterocycles. The number of para-hydroxylation sites is 1. The van der Waals surface area contributed by atoms with Crippen molar-refractivity contribution in [2.75, 3.05) is 11.9 Å². The molecule has 0 saturated heterocycles. The van der Waals surface area contributed by atoms with Crippen LogP contribution in [-0.2, 0) is 10.3 Å². The first kappa shape index (κ1) is 24.3. The molecule has 2 amide bonds. The average molecular weight is 502 g/mol. The molecule has 0 bridgehead atoms. The van der Waals surface area contributed by atoms with Crippen LogP contribution in [-0.4, -0.2) is 31.6 Å². The number of likely N-dealkylation sites (N-methyl/N-ethyl adjacent to an activating group) is 1. The molecule has 36 heavy (non-hydrogen) atoms. The van der Waals surface area contributed by atoms with Crippen LogP contribution in [0.15, 0.2) is 42.5 Å². The van der Waals surface area contributed by atoms with Gasteiger partial charge in [-0.15, -0.1) is 5.54 Å². The van der Waals surface area contributed by atoms with E-state index in [0.717, 1.165) is 5.69 Å². The Labute approximate surface area is 212 Å². The molecule has 0 saturated carbocycles. The van der Waals surface area contributed by atoms with Crippen molar-refractivity contribution in [2.45, 2.75) is 63.7 Å². The van der Waals surface area contributed by atoms with Crippen molar-refractivity contribution in [3.63, 3.8) is 0 Å². The topological polar surface area (TPSA) is 54.3 Å². The second-order valence-corrected chi connectivity index (χ2v) is 16.5. The molecule has 1 N–H and O–H groups in total. The molecule has 0 radical (unpaired) electrons. The number of fused-ring (bicyclic) bond motifs is 3. The van der Waals surface area contributed by atoms with E-state index in [0.29, 0.717) is 44.3 Å². The Kier molecular flexibility index (Phi) is 5.45. The number of hydrogen-bond acceptors (Lipinski definition) is 2. The van der Waals surface area contributed by atoms with E-state index >= 15 is 4.39 Å². The Bertz CT molecular complexity index is 1470. The van der Waals surface area contributed by atoms with Crippen LogP contribution in [0.2, 0.25) is 16.6 Å². The van der Waals surface area contributed by atoms with Crippen LogP contribution in [0.5, 0.6) is 0 Å². The van der Waals surface area contributed by atoms with Crippen molar-refractivity contribution in [1.29, 1.82) is 0 Å². The number of rotatable bonds is 3. The maximum Gasteiger partial charge on any atom is 0.328 e. The van der Waals surface area contributed by atoms with E-state index in [2.05, 4.69) is 58.3 Å². The number of nitrogens with one attached hydrogen (secondary N) is 1. The van der Waals surface area contributed by atoms with Crippen LogP contribution in [0.25, 0.3) is 10.9 Å². The zero-order valence-electron chi connectivity index (χ0n) is 21.9. The average Bonchev–Trinajstić information content (AvgIpc) is 3.30. The molecule has 1 atom stereocenters. The predicted octanol–water partition coefficient (Wildman–Crippen LogP) is 6.14. The number of halogens is 1. The smallest absolute Gasteiger partial charge is 0.315 e. The number of carbonyl (C=O) groups is 2. The van der Waals surface area contributed by atoms with Crippen molar-refractivity contribution >= 4 is 36.6 Å². The van der Waals surface area contributed by atoms with Crippen molar-refractivity contribution < 1.29 is 14.0 Å². The lowest BCUT2D eigenvalue weighted by atomic mass is 9.82. The van der Waals surface area contributed by atoms with E-state index in [-0.39, 0.29) is 5.91 Å². The summed E-state index contributed by atoms with van der Waals surface area (Å²) in [6.07, 6.45) is 0. The van der Waals surface area contributed by atoms with Gasteiger partial charge in [-0.25, -0.2) is 9.18 Å². The Balaban J connectivity index is 1.81. The van der Waals surface area contributed by atoms with Gasteiger partial charge in [-0.2, -0.15) is 0 Å². The standard InChI is InChI=1S/C29H32FN3O2Si/c1-17(2)36(18(3)4,19(5)6)15-14-20-16-21-24(30)13-12-23-26(21)33(20)28(35)31-29(23)22-10-8-9-11-25(22)32(7)27(29)34/h8-13,16-19H,1-7H3,(H,31,35). The van der Waals surface area contributed by atoms with Gasteiger partial charge < -0.3 is 10.2 Å². The highest BCUT2D eigenvalue weighted by atomic mass is 28.3. The van der Waals surface area contributed by atoms with Crippen LogP contribution >= 0.6 is 0 Å². The molecule has 186 valence electrons. The summed E-state index contributed by atoms with van der Waals surface area (Å²) in [7, 11) is -0.391. The van der Waals surface area contributed by atoms with E-state index in [1.54, 1.807) is 24.1 Å². The normalized spacial score (nSPS) is 18.9. The number of benzene rings is 2. The maximum atomic E-state index is 15.2. The molecule has 3 heterocycles. The fourth-order valence-electron chi connectivity index (χ4n) is 6.72. The molecular formula is C29H32FN3O2Si. The van der Waals surface area contributed by atoms with E-state index in [4.69, 9.17) is 0 Å². The first-order valence-electron chi connectivity index (χ1n) is 12.6. The third-order valence-electron chi connectivity index (χ3n) is 8.38. The van der Waals surface area contributed by atoms with E-state index in [9.17, 15) is 9.59 Å². The van der Waals surface area contributed by atoms with Gasteiger partial charge >= 0.3 is 6.03 Å². The molecule has 1 spiro atoms. The van der Waals surface area contributed by atoms with Gasteiger partial charge in [0.05, 0.1) is 5.52 Å². The molecule has 2 aromatic carbocycles. The zero-order valence-corrected chi connectivity index (χ0v) is 22.9. The van der Waals surface area contributed by atoms with E-state index in [1.807, 2.05) is 24.3 Å². The lowest BCUT2D eigenvalue weighted by Gasteiger charge is -2.38. The summed E-state index contributed by atoms with van der Waals surface area (Å²) in [6.45, 7) is 13.4. The van der Waals surface area contributed by atoms with Gasteiger partial charge in [0.25, 0.3) is 5.91 Å². The fraction of sp³-hybridized carbons (Fsp3) is 0.379. The number of anilines is 1. The molecule has 5 nitrogen and oxygen atoms in total. The molecule has 3 aromatic rings. The second-order valence-electron chi connectivity index (χ2n) is 10.9. The summed E-state index contributed by atoms with van der Waals surface area (Å²) < 4.78 is 16.6. The summed E-state index contributed by atoms with van der Waals surface area (Å²) in [5.41, 5.74) is 6.34. The summed E-state index contributed by atoms with van der Waals surface area (Å²) in [5.74, 6) is 2.62. The van der Waals surface area contributed by atoms with Gasteiger partial charge in [0.2, 0.25) is 0 Å². The minimum Gasteiger partial charge on any atom is -0.315 e. The number of aromatic nitrogens is 1. The summed E-state index contributed by atoms with van der Waals surface area (Å²) in [6, 6.07) is 11.6. The molecule has 1 unspecified atom stereocenters. The minimum absolute atomic E-state index is 0.268. The van der Waals surface area contributed by atoms with Crippen molar-refractivity contribution in [3.05, 3.63) is 65.1 Å². The van der Waals surface area contributed by atoms with Crippen LogP contribution < -0.4 is 10.2 Å². The number of carbonyl (C=O) groups excluding carboxylic acids is 2. The predicted molar refractivity (Wildman–Crippen MR) is 144 cm³/mol. The lowest BCUT2D eigenvalue weighted by Crippen LogP contribution is -2.57. The monoisotopic (exact) mass is 501 g/mol. The van der Waals surface area contributed by atoms with Crippen molar-refractivity contribution in [3.8, 4) is 11.5 Å². The third-order valence-corrected chi connectivity index (χ3v) is 14.7. The number of amides is 2. The fourth-order valence-corrected chi connectivity index (χ4v) is 11.9. The third kappa shape index (κ3) is 2.94. The van der Waals surface area contributed by atoms with Crippen molar-refractivity contribution in [1.82, 2.24) is 9.88 Å². The first-order valence-corrected chi connectivity index (χ1v) is 14.8. The molecule has 2 aliphatic rings. The Morgan fingerprint density at radius 1 is 0.944 bits per heavy atom. The SMILES string of the molecule is CC(C)[Si](C#Cc1cc2c(F)ccc3c2n1C(=O)NC31C(=O)N(C)c2ccccc21)(C(C)C)C(C)C. The summed E-state index contributed by atoms with van der Waals surface area (Å²) in [5, 5.41) is 3.31. The highest BCUT2D eigenvalue weighted by molar-refractivity contribution is 6.90. The second kappa shape index (κ2) is 8.07. The number of hydrogen-bond donors (Lipinski definition) is 1. The van der Waals surface area contributed by atoms with Gasteiger partial charge in [0.15, 0.2) is 5.54 Å². The lowest BCUT2D eigenvalue weighted by molar-refractivity contribution is -0.122. The van der Waals surface area contributed by atoms with E-state index < -0.39 is 25.5 Å². The highest BCUT2D eigenvalue weighted by Gasteiger charge is 2.55. The Morgan fingerprint density at radius 2 is 1.58 bits per heavy atom. The minimum atomic E-state index is -2.09. The Morgan fingerprint density at radius 3 is 2.22 bits per heavy atom. The van der Waals surface area contributed by atoms with Gasteiger partial charge in [-0.05, 0) is 34.8 Å². The van der Waals surface area contributed by atoms with Gasteiger partial charge in [0.1, 0.15) is 19.6 Å². The van der Waals surface area contributed by atoms with Gasteiger partial charge in [-0.1, -0.05) is 71.7 Å². The van der Waals surface area contributed by atoms with Gasteiger partial charge in [-0.3, -0.25) is 9.36 Å². The molecular weight excluding hydrogens is 469 g/mol. The van der Waals surface area contributed by atoms with Crippen LogP contribution in [0.1, 0.15) is 58.4 Å². The summed E-state index contributed by atoms with van der Waals surface area (Å²) >= 11 is 0. The van der Waals surface area contributed by atoms with Crippen molar-refractivity contribution in [2.24, 2.45) is 0 Å². The zero-order chi connectivity index (χ0) is 26.2. The van der Waals surface area contributed by atoms with Crippen LogP contribution in [0, 0.1) is 17.3 Å². The highest BCUT2D eigenvalue weighted by Crippen LogP contribution is 2.48. The largest absolute Gasteiger partial charge is 0.328 e. The molecule has 1 aromatic heterocycles.